The molecule has 0 aliphatic carbocycles. The van der Waals surface area contributed by atoms with Gasteiger partial charge in [0.25, 0.3) is 0 Å². The highest BCUT2D eigenvalue weighted by Gasteiger charge is 2.12. The lowest BCUT2D eigenvalue weighted by atomic mass is 10.1. The number of aliphatic carboxylic acids is 1. The number of carboxylic acids is 1. The molecular formula is C13H11NO6. The van der Waals surface area contributed by atoms with E-state index in [-0.39, 0.29) is 17.2 Å². The number of benzene rings is 1. The van der Waals surface area contributed by atoms with E-state index in [4.69, 9.17) is 9.84 Å². The van der Waals surface area contributed by atoms with Crippen LogP contribution in [0.3, 0.4) is 0 Å². The maximum absolute atomic E-state index is 11.4. The standard InChI is InChI=1S/C13H11NO6/c1-19-13(18)10-5-11(15)8-3-2-7(4-9(8)14-10)20-6-12(16)17/h2-5H,6H2,1H3,(H,14,15)(H,16,17). The minimum atomic E-state index is -1.11. The van der Waals surface area contributed by atoms with Gasteiger partial charge in [-0.3, -0.25) is 0 Å². The molecule has 0 saturated carbocycles. The van der Waals surface area contributed by atoms with Crippen molar-refractivity contribution in [3.05, 3.63) is 30.0 Å². The predicted molar refractivity (Wildman–Crippen MR) is 67.9 cm³/mol. The number of carboxylic acid groups (broad SMARTS) is 1. The second kappa shape index (κ2) is 5.43. The molecule has 20 heavy (non-hydrogen) atoms. The molecule has 104 valence electrons. The molecule has 2 N–H and O–H groups in total. The fraction of sp³-hybridized carbons (Fsp3) is 0.154. The van der Waals surface area contributed by atoms with Gasteiger partial charge in [0.05, 0.1) is 12.6 Å². The SMILES string of the molecule is COC(=O)c1cc(O)c2ccc(OCC(=O)O)cc2n1. The predicted octanol–water partition coefficient (Wildman–Crippen LogP) is 1.19. The number of aromatic hydroxyl groups is 1. The van der Waals surface area contributed by atoms with Gasteiger partial charge in [-0.15, -0.1) is 0 Å². The maximum atomic E-state index is 11.4. The van der Waals surface area contributed by atoms with Crippen molar-refractivity contribution in [2.75, 3.05) is 13.7 Å². The van der Waals surface area contributed by atoms with Gasteiger partial charge in [0.1, 0.15) is 11.5 Å². The average molecular weight is 277 g/mol. The quantitative estimate of drug-likeness (QED) is 0.808. The average Bonchev–Trinajstić information content (AvgIpc) is 2.43. The summed E-state index contributed by atoms with van der Waals surface area (Å²) in [6.07, 6.45) is 0. The number of ether oxygens (including phenoxy) is 2. The lowest BCUT2D eigenvalue weighted by Gasteiger charge is -2.07. The number of esters is 1. The van der Waals surface area contributed by atoms with Crippen LogP contribution < -0.4 is 4.74 Å². The Hall–Kier alpha value is -2.83. The van der Waals surface area contributed by atoms with Crippen molar-refractivity contribution >= 4 is 22.8 Å². The summed E-state index contributed by atoms with van der Waals surface area (Å²) in [6, 6.07) is 5.66. The number of pyridine rings is 1. The van der Waals surface area contributed by atoms with Gasteiger partial charge in [0, 0.05) is 17.5 Å². The van der Waals surface area contributed by atoms with Crippen LogP contribution in [0.25, 0.3) is 10.9 Å². The van der Waals surface area contributed by atoms with Crippen LogP contribution in [0, 0.1) is 0 Å². The highest BCUT2D eigenvalue weighted by atomic mass is 16.5. The molecule has 2 aromatic rings. The molecule has 1 heterocycles. The molecule has 0 atom stereocenters. The maximum Gasteiger partial charge on any atom is 0.356 e. The van der Waals surface area contributed by atoms with E-state index in [1.807, 2.05) is 0 Å². The summed E-state index contributed by atoms with van der Waals surface area (Å²) < 4.78 is 9.53. The van der Waals surface area contributed by atoms with Crippen LogP contribution in [0.2, 0.25) is 0 Å². The van der Waals surface area contributed by atoms with E-state index in [1.165, 1.54) is 31.4 Å². The zero-order chi connectivity index (χ0) is 14.7. The lowest BCUT2D eigenvalue weighted by molar-refractivity contribution is -0.139. The van der Waals surface area contributed by atoms with Gasteiger partial charge >= 0.3 is 11.9 Å². The highest BCUT2D eigenvalue weighted by molar-refractivity contribution is 5.94. The first-order valence-corrected chi connectivity index (χ1v) is 5.58. The van der Waals surface area contributed by atoms with Gasteiger partial charge in [-0.1, -0.05) is 0 Å². The molecule has 0 amide bonds. The molecule has 0 bridgehead atoms. The van der Waals surface area contributed by atoms with E-state index in [0.717, 1.165) is 0 Å². The Morgan fingerprint density at radius 1 is 1.30 bits per heavy atom. The molecule has 0 fully saturated rings. The normalized spacial score (nSPS) is 10.2. The van der Waals surface area contributed by atoms with E-state index in [0.29, 0.717) is 10.9 Å². The van der Waals surface area contributed by atoms with Crippen molar-refractivity contribution in [1.29, 1.82) is 0 Å². The largest absolute Gasteiger partial charge is 0.507 e. The van der Waals surface area contributed by atoms with Crippen LogP contribution in [0.4, 0.5) is 0 Å². The second-order valence-corrected chi connectivity index (χ2v) is 3.88. The molecule has 0 unspecified atom stereocenters. The topological polar surface area (TPSA) is 106 Å². The van der Waals surface area contributed by atoms with Crippen molar-refractivity contribution in [2.45, 2.75) is 0 Å². The van der Waals surface area contributed by atoms with Crippen molar-refractivity contribution in [3.63, 3.8) is 0 Å². The minimum absolute atomic E-state index is 0.0483. The van der Waals surface area contributed by atoms with Crippen LogP contribution in [0.1, 0.15) is 10.5 Å². The first-order valence-electron chi connectivity index (χ1n) is 5.58. The van der Waals surface area contributed by atoms with Crippen LogP contribution in [-0.2, 0) is 9.53 Å². The second-order valence-electron chi connectivity index (χ2n) is 3.88. The van der Waals surface area contributed by atoms with Gasteiger partial charge in [-0.2, -0.15) is 0 Å². The Morgan fingerprint density at radius 3 is 2.70 bits per heavy atom. The lowest BCUT2D eigenvalue weighted by Crippen LogP contribution is -2.09. The van der Waals surface area contributed by atoms with Crippen molar-refractivity contribution in [3.8, 4) is 11.5 Å². The number of nitrogens with zero attached hydrogens (tertiary/aromatic N) is 1. The van der Waals surface area contributed by atoms with Gasteiger partial charge in [0.2, 0.25) is 0 Å². The van der Waals surface area contributed by atoms with E-state index >= 15 is 0 Å². The van der Waals surface area contributed by atoms with Crippen molar-refractivity contribution in [1.82, 2.24) is 4.98 Å². The third-order valence-electron chi connectivity index (χ3n) is 2.52. The number of aromatic nitrogens is 1. The fourth-order valence-electron chi connectivity index (χ4n) is 1.63. The van der Waals surface area contributed by atoms with E-state index in [9.17, 15) is 14.7 Å². The van der Waals surface area contributed by atoms with Crippen LogP contribution in [-0.4, -0.2) is 40.9 Å². The Morgan fingerprint density at radius 2 is 2.05 bits per heavy atom. The van der Waals surface area contributed by atoms with E-state index in [1.54, 1.807) is 0 Å². The summed E-state index contributed by atoms with van der Waals surface area (Å²) >= 11 is 0. The number of hydrogen-bond donors (Lipinski definition) is 2. The van der Waals surface area contributed by atoms with Gasteiger partial charge in [-0.05, 0) is 12.1 Å². The zero-order valence-corrected chi connectivity index (χ0v) is 10.5. The van der Waals surface area contributed by atoms with Gasteiger partial charge < -0.3 is 19.7 Å². The highest BCUT2D eigenvalue weighted by Crippen LogP contribution is 2.27. The third-order valence-corrected chi connectivity index (χ3v) is 2.52. The molecule has 7 nitrogen and oxygen atoms in total. The van der Waals surface area contributed by atoms with Crippen molar-refractivity contribution in [2.24, 2.45) is 0 Å². The van der Waals surface area contributed by atoms with E-state index in [2.05, 4.69) is 9.72 Å². The number of hydrogen-bond acceptors (Lipinski definition) is 6. The molecule has 0 radical (unpaired) electrons. The van der Waals surface area contributed by atoms with Crippen molar-refractivity contribution < 1.29 is 29.3 Å². The molecule has 2 rings (SSSR count). The number of rotatable bonds is 4. The summed E-state index contributed by atoms with van der Waals surface area (Å²) in [5.74, 6) is -1.64. The Bertz CT molecular complexity index is 682. The molecule has 1 aromatic carbocycles. The van der Waals surface area contributed by atoms with Gasteiger partial charge in [-0.25, -0.2) is 14.6 Å². The number of carbonyl (C=O) groups excluding carboxylic acids is 1. The molecule has 0 spiro atoms. The molecule has 0 aliphatic heterocycles. The van der Waals surface area contributed by atoms with Crippen LogP contribution >= 0.6 is 0 Å². The zero-order valence-electron chi connectivity index (χ0n) is 10.5. The smallest absolute Gasteiger partial charge is 0.356 e. The molecule has 7 heteroatoms. The first kappa shape index (κ1) is 13.6. The molecular weight excluding hydrogens is 266 g/mol. The molecule has 0 saturated heterocycles. The molecule has 0 aliphatic rings. The first-order chi connectivity index (χ1) is 9.51. The third kappa shape index (κ3) is 2.77. The fourth-order valence-corrected chi connectivity index (χ4v) is 1.63. The monoisotopic (exact) mass is 277 g/mol. The summed E-state index contributed by atoms with van der Waals surface area (Å²) in [7, 11) is 1.21. The molecule has 1 aromatic heterocycles. The number of methoxy groups -OCH3 is 1. The summed E-state index contributed by atoms with van der Waals surface area (Å²) in [5, 5.41) is 18.8. The summed E-state index contributed by atoms with van der Waals surface area (Å²) in [4.78, 5) is 25.9. The number of fused-ring (bicyclic) bond motifs is 1. The van der Waals surface area contributed by atoms with Crippen LogP contribution in [0.15, 0.2) is 24.3 Å². The Kier molecular flexibility index (Phi) is 3.69. The summed E-state index contributed by atoms with van der Waals surface area (Å²) in [5.41, 5.74) is 0.251. The van der Waals surface area contributed by atoms with Gasteiger partial charge in [0.15, 0.2) is 12.3 Å². The van der Waals surface area contributed by atoms with Crippen LogP contribution in [0.5, 0.6) is 11.5 Å². The van der Waals surface area contributed by atoms with E-state index < -0.39 is 18.5 Å². The Balaban J connectivity index is 2.43. The summed E-state index contributed by atoms with van der Waals surface area (Å²) in [6.45, 7) is -0.492. The number of carbonyl (C=O) groups is 2. The minimum Gasteiger partial charge on any atom is -0.507 e. The Labute approximate surface area is 113 Å².